The Kier molecular flexibility index (Phi) is 7.15. The van der Waals surface area contributed by atoms with Crippen LogP contribution in [0.2, 0.25) is 5.02 Å². The summed E-state index contributed by atoms with van der Waals surface area (Å²) in [6.07, 6.45) is 2.87. The summed E-state index contributed by atoms with van der Waals surface area (Å²) in [5, 5.41) is 0.637. The van der Waals surface area contributed by atoms with Crippen molar-refractivity contribution >= 4 is 45.7 Å². The lowest BCUT2D eigenvalue weighted by Gasteiger charge is -2.21. The number of aryl methyl sites for hydroxylation is 1. The molecule has 5 nitrogen and oxygen atoms in total. The van der Waals surface area contributed by atoms with E-state index in [2.05, 4.69) is 9.71 Å². The molecule has 0 unspecified atom stereocenters. The maximum absolute atomic E-state index is 11.6. The van der Waals surface area contributed by atoms with Crippen molar-refractivity contribution in [2.45, 2.75) is 26.8 Å². The molecular weight excluding hydrogens is 330 g/mol. The van der Waals surface area contributed by atoms with Crippen LogP contribution >= 0.6 is 23.7 Å². The molecule has 0 amide bonds. The summed E-state index contributed by atoms with van der Waals surface area (Å²) >= 11 is 6.97. The highest BCUT2D eigenvalue weighted by molar-refractivity contribution is 8.07. The smallest absolute Gasteiger partial charge is 0.221 e. The largest absolute Gasteiger partial charge is 0.260 e. The van der Waals surface area contributed by atoms with Crippen molar-refractivity contribution in [2.75, 3.05) is 12.8 Å². The minimum Gasteiger partial charge on any atom is -0.260 e. The van der Waals surface area contributed by atoms with Gasteiger partial charge in [0.1, 0.15) is 0 Å². The zero-order valence-corrected chi connectivity index (χ0v) is 14.9. The van der Waals surface area contributed by atoms with Crippen molar-refractivity contribution in [1.82, 2.24) is 8.43 Å². The average Bonchev–Trinajstić information content (AvgIpc) is 2.35. The first-order valence-corrected chi connectivity index (χ1v) is 9.39. The van der Waals surface area contributed by atoms with E-state index in [4.69, 9.17) is 11.6 Å². The molecule has 0 spiro atoms. The van der Waals surface area contributed by atoms with Crippen LogP contribution in [0.3, 0.4) is 0 Å². The van der Waals surface area contributed by atoms with Gasteiger partial charge in [0.2, 0.25) is 10.0 Å². The molecule has 0 atom stereocenters. The minimum atomic E-state index is -3.24. The first-order chi connectivity index (χ1) is 9.71. The van der Waals surface area contributed by atoms with Crippen LogP contribution in [0.1, 0.15) is 19.4 Å². The van der Waals surface area contributed by atoms with Crippen molar-refractivity contribution in [1.29, 1.82) is 0 Å². The van der Waals surface area contributed by atoms with Gasteiger partial charge in [-0.3, -0.25) is 4.99 Å². The fourth-order valence-electron chi connectivity index (χ4n) is 1.56. The summed E-state index contributed by atoms with van der Waals surface area (Å²) in [4.78, 5) is 4.32. The predicted molar refractivity (Wildman–Crippen MR) is 91.8 cm³/mol. The van der Waals surface area contributed by atoms with Gasteiger partial charge in [0.05, 0.1) is 11.9 Å². The van der Waals surface area contributed by atoms with Gasteiger partial charge in [0, 0.05) is 36.0 Å². The average molecular weight is 350 g/mol. The Balaban J connectivity index is 2.53. The maximum Gasteiger partial charge on any atom is 0.221 e. The van der Waals surface area contributed by atoms with E-state index in [0.717, 1.165) is 23.4 Å². The summed E-state index contributed by atoms with van der Waals surface area (Å²) < 4.78 is 27.4. The molecular formula is C13H20ClN3O2S2. The highest BCUT2D eigenvalue weighted by Crippen LogP contribution is 2.22. The van der Waals surface area contributed by atoms with E-state index in [1.165, 1.54) is 9.97 Å². The normalized spacial score (nSPS) is 12.7. The number of sulfonamides is 1. The Hall–Kier alpha value is -0.600. The second kappa shape index (κ2) is 8.14. The third kappa shape index (κ3) is 6.36. The lowest BCUT2D eigenvalue weighted by molar-refractivity contribution is 0.505. The van der Waals surface area contributed by atoms with Gasteiger partial charge in [0.25, 0.3) is 0 Å². The van der Waals surface area contributed by atoms with Crippen LogP contribution in [0.4, 0.5) is 5.69 Å². The molecule has 0 aromatic heterocycles. The quantitative estimate of drug-likeness (QED) is 0.466. The zero-order valence-electron chi connectivity index (χ0n) is 12.5. The Morgan fingerprint density at radius 1 is 1.48 bits per heavy atom. The lowest BCUT2D eigenvalue weighted by atomic mass is 10.2. The number of aliphatic imine (C=N–C) groups is 1. The number of hydrogen-bond acceptors (Lipinski definition) is 5. The molecule has 1 aromatic carbocycles. The number of rotatable bonds is 7. The van der Waals surface area contributed by atoms with Gasteiger partial charge in [-0.05, 0) is 38.5 Å². The van der Waals surface area contributed by atoms with Crippen LogP contribution in [0, 0.1) is 6.92 Å². The molecule has 1 rings (SSSR count). The lowest BCUT2D eigenvalue weighted by Crippen LogP contribution is -2.33. The number of nitrogens with one attached hydrogen (secondary N) is 1. The van der Waals surface area contributed by atoms with Gasteiger partial charge in [-0.15, -0.1) is 3.71 Å². The van der Waals surface area contributed by atoms with Gasteiger partial charge in [-0.25, -0.2) is 13.1 Å². The van der Waals surface area contributed by atoms with E-state index < -0.39 is 10.0 Å². The molecule has 1 aromatic rings. The first kappa shape index (κ1) is 18.4. The SMILES string of the molecule is Cc1ccc(Cl)cc1N=CCNSN(C(C)C)S(C)(=O)=O. The van der Waals surface area contributed by atoms with Crippen molar-refractivity contribution < 1.29 is 8.42 Å². The summed E-state index contributed by atoms with van der Waals surface area (Å²) in [6.45, 7) is 6.03. The van der Waals surface area contributed by atoms with Crippen LogP contribution in [-0.2, 0) is 10.0 Å². The second-order valence-corrected chi connectivity index (χ2v) is 8.19. The standard InChI is InChI=1S/C13H20ClN3O2S2/c1-10(2)17(21(4,18)19)20-16-8-7-15-13-9-12(14)6-5-11(13)3/h5-7,9-10,16H,8H2,1-4H3. The molecule has 118 valence electrons. The Morgan fingerprint density at radius 2 is 2.14 bits per heavy atom. The fourth-order valence-corrected chi connectivity index (χ4v) is 3.68. The van der Waals surface area contributed by atoms with Gasteiger partial charge < -0.3 is 0 Å². The van der Waals surface area contributed by atoms with E-state index >= 15 is 0 Å². The molecule has 8 heteroatoms. The van der Waals surface area contributed by atoms with Crippen molar-refractivity contribution in [3.05, 3.63) is 28.8 Å². The van der Waals surface area contributed by atoms with Crippen LogP contribution in [0.5, 0.6) is 0 Å². The van der Waals surface area contributed by atoms with Crippen LogP contribution in [0.15, 0.2) is 23.2 Å². The third-order valence-corrected chi connectivity index (χ3v) is 5.72. The highest BCUT2D eigenvalue weighted by Gasteiger charge is 2.20. The molecule has 0 saturated carbocycles. The summed E-state index contributed by atoms with van der Waals surface area (Å²) in [6, 6.07) is 5.39. The molecule has 0 bridgehead atoms. The Labute approximate surface area is 136 Å². The van der Waals surface area contributed by atoms with E-state index in [1.54, 1.807) is 12.3 Å². The molecule has 0 saturated heterocycles. The fraction of sp³-hybridized carbons (Fsp3) is 0.462. The van der Waals surface area contributed by atoms with Gasteiger partial charge >= 0.3 is 0 Å². The summed E-state index contributed by atoms with van der Waals surface area (Å²) in [7, 11) is -3.24. The van der Waals surface area contributed by atoms with Gasteiger partial charge in [-0.2, -0.15) is 0 Å². The number of halogens is 1. The first-order valence-electron chi connectivity index (χ1n) is 6.39. The summed E-state index contributed by atoms with van der Waals surface area (Å²) in [5.74, 6) is 0. The predicted octanol–water partition coefficient (Wildman–Crippen LogP) is 3.17. The third-order valence-electron chi connectivity index (χ3n) is 2.48. The molecule has 0 aliphatic heterocycles. The second-order valence-electron chi connectivity index (χ2n) is 4.79. The topological polar surface area (TPSA) is 61.8 Å². The molecule has 1 N–H and O–H groups in total. The van der Waals surface area contributed by atoms with Crippen molar-refractivity contribution in [2.24, 2.45) is 4.99 Å². The number of benzene rings is 1. The Bertz CT molecular complexity index is 603. The van der Waals surface area contributed by atoms with Crippen molar-refractivity contribution in [3.8, 4) is 0 Å². The molecule has 0 aliphatic carbocycles. The zero-order chi connectivity index (χ0) is 16.0. The molecule has 21 heavy (non-hydrogen) atoms. The van der Waals surface area contributed by atoms with Crippen LogP contribution in [0.25, 0.3) is 0 Å². The maximum atomic E-state index is 11.6. The minimum absolute atomic E-state index is 0.121. The van der Waals surface area contributed by atoms with Gasteiger partial charge in [0.15, 0.2) is 0 Å². The van der Waals surface area contributed by atoms with E-state index in [-0.39, 0.29) is 6.04 Å². The van der Waals surface area contributed by atoms with E-state index in [0.29, 0.717) is 11.6 Å². The Morgan fingerprint density at radius 3 is 2.71 bits per heavy atom. The summed E-state index contributed by atoms with van der Waals surface area (Å²) in [5.41, 5.74) is 1.83. The molecule has 0 heterocycles. The molecule has 0 radical (unpaired) electrons. The van der Waals surface area contributed by atoms with E-state index in [1.807, 2.05) is 32.9 Å². The molecule has 0 aliphatic rings. The number of nitrogens with zero attached hydrogens (tertiary/aromatic N) is 2. The van der Waals surface area contributed by atoms with Crippen LogP contribution < -0.4 is 4.72 Å². The van der Waals surface area contributed by atoms with Gasteiger partial charge in [-0.1, -0.05) is 17.7 Å². The van der Waals surface area contributed by atoms with E-state index in [9.17, 15) is 8.42 Å². The molecule has 0 fully saturated rings. The number of hydrogen-bond donors (Lipinski definition) is 1. The van der Waals surface area contributed by atoms with Crippen molar-refractivity contribution in [3.63, 3.8) is 0 Å². The highest BCUT2D eigenvalue weighted by atomic mass is 35.5. The monoisotopic (exact) mass is 349 g/mol. The van der Waals surface area contributed by atoms with Crippen LogP contribution in [-0.4, -0.2) is 37.2 Å².